The van der Waals surface area contributed by atoms with Gasteiger partial charge in [0.1, 0.15) is 35.4 Å². The average molecular weight is 939 g/mol. The Morgan fingerprint density at radius 1 is 0.809 bits per heavy atom. The number of carbonyl (C=O) groups is 5. The van der Waals surface area contributed by atoms with E-state index < -0.39 is 23.8 Å². The lowest BCUT2D eigenvalue weighted by atomic mass is 10.0. The van der Waals surface area contributed by atoms with Gasteiger partial charge in [-0.3, -0.25) is 39.1 Å². The van der Waals surface area contributed by atoms with Crippen LogP contribution in [0.25, 0.3) is 22.3 Å². The largest absolute Gasteiger partial charge is 0.457 e. The number of ether oxygens (including phenoxy) is 1. The second kappa shape index (κ2) is 21.7. The Labute approximate surface area is 400 Å². The van der Waals surface area contributed by atoms with Crippen molar-refractivity contribution in [2.75, 3.05) is 63.8 Å². The number of fused-ring (bicyclic) bond motifs is 2. The lowest BCUT2D eigenvalue weighted by molar-refractivity contribution is -0.136. The number of nitrogen functional groups attached to an aromatic ring is 1. The third-order valence-electron chi connectivity index (χ3n) is 13.3. The number of nitrogens with one attached hydrogen (secondary N) is 1. The van der Waals surface area contributed by atoms with Crippen molar-refractivity contribution in [1.82, 2.24) is 44.7 Å². The Hall–Kier alpha value is -6.43. The number of thioether (sulfide) groups is 1. The molecule has 5 aromatic rings. The van der Waals surface area contributed by atoms with Gasteiger partial charge in [0, 0.05) is 68.8 Å². The van der Waals surface area contributed by atoms with Crippen LogP contribution in [0, 0.1) is 0 Å². The smallest absolute Gasteiger partial charge is 0.263 e. The van der Waals surface area contributed by atoms with Crippen LogP contribution in [0.1, 0.15) is 91.0 Å². The summed E-state index contributed by atoms with van der Waals surface area (Å²) in [6.07, 6.45) is 14.0. The molecule has 4 aliphatic rings. The first-order valence-electron chi connectivity index (χ1n) is 23.9. The standard InChI is InChI=1S/C51H58N10O6S/c52-47-45-46(35-19-21-38(22-20-35)67-37-14-6-5-7-15-37)56-61(48(45)54-34-53-47)36-13-11-27-59(33-36)43(63)18-12-26-58-30-28-57(29-31-58)25-8-3-1-2-4-9-32-68-41-17-10-16-39-44(41)51(66)60(50(39)65)40-23-24-42(62)55-49(40)64/h5-7,10,12,14-22,34,36,40H,1-4,8-9,11,13,23-33H2,(H2,52,53,54)(H,55,62,64)/b18-12+/t36-,40?/m1/s1. The number of nitrogens with two attached hydrogens (primary N) is 1. The van der Waals surface area contributed by atoms with Crippen LogP contribution >= 0.6 is 11.8 Å². The van der Waals surface area contributed by atoms with Crippen LogP contribution in [0.15, 0.2) is 96.2 Å². The molecular formula is C51H58N10O6S. The maximum Gasteiger partial charge on any atom is 0.263 e. The van der Waals surface area contributed by atoms with E-state index in [1.165, 1.54) is 25.6 Å². The molecule has 0 bridgehead atoms. The third kappa shape index (κ3) is 10.6. The van der Waals surface area contributed by atoms with E-state index in [0.717, 1.165) is 98.2 Å². The first kappa shape index (κ1) is 46.7. The summed E-state index contributed by atoms with van der Waals surface area (Å²) in [4.78, 5) is 81.6. The van der Waals surface area contributed by atoms with Gasteiger partial charge in [-0.05, 0) is 92.9 Å². The second-order valence-electron chi connectivity index (χ2n) is 17.9. The van der Waals surface area contributed by atoms with E-state index >= 15 is 0 Å². The molecule has 17 heteroatoms. The second-order valence-corrected chi connectivity index (χ2v) is 19.0. The lowest BCUT2D eigenvalue weighted by Crippen LogP contribution is -2.54. The topological polar surface area (TPSA) is 189 Å². The molecule has 68 heavy (non-hydrogen) atoms. The molecule has 1 unspecified atom stereocenters. The van der Waals surface area contributed by atoms with Gasteiger partial charge in [-0.25, -0.2) is 14.6 Å². The number of para-hydroxylation sites is 1. The van der Waals surface area contributed by atoms with E-state index in [0.29, 0.717) is 52.5 Å². The maximum absolute atomic E-state index is 13.5. The van der Waals surface area contributed by atoms with Crippen LogP contribution in [0.2, 0.25) is 0 Å². The summed E-state index contributed by atoms with van der Waals surface area (Å²) in [7, 11) is 0. The van der Waals surface area contributed by atoms with Gasteiger partial charge >= 0.3 is 0 Å². The molecule has 0 radical (unpaired) electrons. The van der Waals surface area contributed by atoms with Crippen molar-refractivity contribution in [3.8, 4) is 22.8 Å². The number of nitrogens with zero attached hydrogens (tertiary/aromatic N) is 8. The van der Waals surface area contributed by atoms with Crippen molar-refractivity contribution in [3.63, 3.8) is 0 Å². The summed E-state index contributed by atoms with van der Waals surface area (Å²) in [6, 6.07) is 21.7. The zero-order chi connectivity index (χ0) is 47.0. The molecule has 9 rings (SSSR count). The van der Waals surface area contributed by atoms with Gasteiger partial charge in [0.25, 0.3) is 11.8 Å². The molecule has 0 spiro atoms. The number of carbonyl (C=O) groups excluding carboxylic acids is 5. The zero-order valence-corrected chi connectivity index (χ0v) is 39.1. The molecule has 3 aromatic carbocycles. The maximum atomic E-state index is 13.5. The highest BCUT2D eigenvalue weighted by molar-refractivity contribution is 7.99. The number of imide groups is 2. The molecule has 0 aliphatic carbocycles. The molecule has 4 aliphatic heterocycles. The number of anilines is 1. The van der Waals surface area contributed by atoms with Gasteiger partial charge in [-0.1, -0.05) is 56.0 Å². The van der Waals surface area contributed by atoms with Gasteiger partial charge < -0.3 is 20.3 Å². The summed E-state index contributed by atoms with van der Waals surface area (Å²) < 4.78 is 7.93. The average Bonchev–Trinajstić information content (AvgIpc) is 3.87. The summed E-state index contributed by atoms with van der Waals surface area (Å²) in [5.74, 6) is 0.786. The fourth-order valence-electron chi connectivity index (χ4n) is 9.65. The van der Waals surface area contributed by atoms with Crippen molar-refractivity contribution < 1.29 is 28.7 Å². The molecule has 6 heterocycles. The number of likely N-dealkylation sites (tertiary alicyclic amines) is 1. The number of hydrogen-bond donors (Lipinski definition) is 2. The summed E-state index contributed by atoms with van der Waals surface area (Å²) >= 11 is 1.58. The Bertz CT molecular complexity index is 2670. The van der Waals surface area contributed by atoms with E-state index in [9.17, 15) is 24.0 Å². The number of amides is 5. The highest BCUT2D eigenvalue weighted by Gasteiger charge is 2.45. The molecule has 3 saturated heterocycles. The van der Waals surface area contributed by atoms with Crippen LogP contribution in [0.5, 0.6) is 11.5 Å². The highest BCUT2D eigenvalue weighted by Crippen LogP contribution is 2.37. The molecule has 3 fully saturated rings. The number of hydrogen-bond acceptors (Lipinski definition) is 13. The van der Waals surface area contributed by atoms with Crippen LogP contribution < -0.4 is 15.8 Å². The van der Waals surface area contributed by atoms with Crippen LogP contribution in [0.4, 0.5) is 5.82 Å². The fourth-order valence-corrected chi connectivity index (χ4v) is 10.7. The molecule has 2 aromatic heterocycles. The number of rotatable bonds is 18. The van der Waals surface area contributed by atoms with E-state index in [-0.39, 0.29) is 30.7 Å². The van der Waals surface area contributed by atoms with Gasteiger partial charge in [-0.2, -0.15) is 5.10 Å². The minimum Gasteiger partial charge on any atom is -0.457 e. The van der Waals surface area contributed by atoms with Crippen LogP contribution in [-0.2, 0) is 14.4 Å². The predicted molar refractivity (Wildman–Crippen MR) is 260 cm³/mol. The predicted octanol–water partition coefficient (Wildman–Crippen LogP) is 6.74. The van der Waals surface area contributed by atoms with E-state index in [1.54, 1.807) is 30.0 Å². The summed E-state index contributed by atoms with van der Waals surface area (Å²) in [5.41, 5.74) is 9.36. The van der Waals surface area contributed by atoms with Gasteiger partial charge in [0.05, 0.1) is 22.6 Å². The van der Waals surface area contributed by atoms with Crippen molar-refractivity contribution >= 4 is 58.1 Å². The molecule has 0 saturated carbocycles. The number of piperidine rings is 2. The Balaban J connectivity index is 0.662. The molecule has 2 atom stereocenters. The van der Waals surface area contributed by atoms with Gasteiger partial charge in [0.15, 0.2) is 5.65 Å². The first-order chi connectivity index (χ1) is 33.2. The number of aromatic nitrogens is 4. The molecule has 16 nitrogen and oxygen atoms in total. The Kier molecular flexibility index (Phi) is 14.9. The number of unbranched alkanes of at least 4 members (excludes halogenated alkanes) is 5. The van der Waals surface area contributed by atoms with Crippen LogP contribution in [-0.4, -0.2) is 133 Å². The molecule has 354 valence electrons. The van der Waals surface area contributed by atoms with E-state index in [2.05, 4.69) is 25.1 Å². The van der Waals surface area contributed by atoms with Crippen LogP contribution in [0.3, 0.4) is 0 Å². The number of piperazine rings is 1. The molecular weight excluding hydrogens is 881 g/mol. The van der Waals surface area contributed by atoms with E-state index in [1.807, 2.05) is 76.3 Å². The summed E-state index contributed by atoms with van der Waals surface area (Å²) in [6.45, 7) is 7.07. The minimum atomic E-state index is -0.959. The minimum absolute atomic E-state index is 0.0144. The fraction of sp³-hybridized carbons (Fsp3) is 0.412. The van der Waals surface area contributed by atoms with Gasteiger partial charge in [0.2, 0.25) is 17.7 Å². The zero-order valence-electron chi connectivity index (χ0n) is 38.3. The van der Waals surface area contributed by atoms with Gasteiger partial charge in [-0.15, -0.1) is 11.8 Å². The molecule has 5 amide bonds. The van der Waals surface area contributed by atoms with E-state index in [4.69, 9.17) is 15.6 Å². The highest BCUT2D eigenvalue weighted by atomic mass is 32.2. The summed E-state index contributed by atoms with van der Waals surface area (Å²) in [5, 5.41) is 8.01. The van der Waals surface area contributed by atoms with Crippen molar-refractivity contribution in [2.24, 2.45) is 0 Å². The Morgan fingerprint density at radius 3 is 2.35 bits per heavy atom. The Morgan fingerprint density at radius 2 is 1.56 bits per heavy atom. The SMILES string of the molecule is Nc1ncnc2c1c(-c1ccc(Oc3ccccc3)cc1)nn2[C@@H]1CCCN(C(=O)/C=C/CN2CCN(CCCCCCCCSc3cccc4c3C(=O)N(C3CCC(=O)NC3=O)C4=O)CC2)C1. The molecule has 3 N–H and O–H groups in total. The monoisotopic (exact) mass is 938 g/mol. The quantitative estimate of drug-likeness (QED) is 0.0407. The third-order valence-corrected chi connectivity index (χ3v) is 14.5. The van der Waals surface area contributed by atoms with Crippen molar-refractivity contribution in [3.05, 3.63) is 102 Å². The first-order valence-corrected chi connectivity index (χ1v) is 24.9. The number of benzene rings is 3. The van der Waals surface area contributed by atoms with Crippen molar-refractivity contribution in [1.29, 1.82) is 0 Å². The van der Waals surface area contributed by atoms with Crippen molar-refractivity contribution in [2.45, 2.75) is 81.2 Å². The lowest BCUT2D eigenvalue weighted by Gasteiger charge is -2.34. The normalized spacial score (nSPS) is 19.3.